The van der Waals surface area contributed by atoms with Crippen molar-refractivity contribution in [1.29, 1.82) is 0 Å². The van der Waals surface area contributed by atoms with E-state index in [4.69, 9.17) is 4.98 Å². The summed E-state index contributed by atoms with van der Waals surface area (Å²) in [4.78, 5) is 25.6. The van der Waals surface area contributed by atoms with Crippen LogP contribution in [0.4, 0.5) is 11.8 Å². The number of likely N-dealkylation sites (tertiary alicyclic amines) is 1. The van der Waals surface area contributed by atoms with Crippen LogP contribution in [0.2, 0.25) is 0 Å². The first-order valence-corrected chi connectivity index (χ1v) is 11.6. The molecular formula is C22H37Cl2N5O2. The summed E-state index contributed by atoms with van der Waals surface area (Å²) in [6, 6.07) is 2.63. The van der Waals surface area contributed by atoms with Crippen molar-refractivity contribution in [3.63, 3.8) is 0 Å². The molecule has 176 valence electrons. The van der Waals surface area contributed by atoms with E-state index in [1.807, 2.05) is 0 Å². The highest BCUT2D eigenvalue weighted by Crippen LogP contribution is 2.26. The average Bonchev–Trinajstić information content (AvgIpc) is 3.04. The standard InChI is InChI=1S/C22H35N5O2.2ClH/c28-21(29)19-15-20(26-12-6-1-2-7-13-26)25-22(24-19)23-17-9-8-14-27(16-17)18-10-4-3-5-11-18;;/h15,17-18H,1-14,16H2,(H,28,29)(H,23,24,25);2*1H. The number of aromatic nitrogens is 2. The lowest BCUT2D eigenvalue weighted by molar-refractivity contribution is 0.0690. The number of carboxylic acid groups (broad SMARTS) is 1. The molecule has 2 aliphatic heterocycles. The molecule has 1 atom stereocenters. The van der Waals surface area contributed by atoms with Gasteiger partial charge in [-0.1, -0.05) is 32.1 Å². The first-order valence-electron chi connectivity index (χ1n) is 11.6. The molecule has 0 spiro atoms. The van der Waals surface area contributed by atoms with Crippen LogP contribution in [-0.2, 0) is 0 Å². The molecule has 31 heavy (non-hydrogen) atoms. The van der Waals surface area contributed by atoms with Gasteiger partial charge in [-0.25, -0.2) is 9.78 Å². The molecular weight excluding hydrogens is 437 g/mol. The summed E-state index contributed by atoms with van der Waals surface area (Å²) in [5.74, 6) is 0.236. The number of nitrogens with zero attached hydrogens (tertiary/aromatic N) is 4. The van der Waals surface area contributed by atoms with Crippen LogP contribution in [-0.4, -0.2) is 64.2 Å². The van der Waals surface area contributed by atoms with E-state index < -0.39 is 5.97 Å². The number of aromatic carboxylic acids is 1. The quantitative estimate of drug-likeness (QED) is 0.645. The Morgan fingerprint density at radius 1 is 0.903 bits per heavy atom. The van der Waals surface area contributed by atoms with Gasteiger partial charge >= 0.3 is 5.97 Å². The van der Waals surface area contributed by atoms with E-state index >= 15 is 0 Å². The van der Waals surface area contributed by atoms with Gasteiger partial charge in [-0.2, -0.15) is 4.98 Å². The molecule has 0 aromatic carbocycles. The molecule has 7 nitrogen and oxygen atoms in total. The van der Waals surface area contributed by atoms with Crippen molar-refractivity contribution in [2.45, 2.75) is 82.7 Å². The number of carboxylic acids is 1. The molecule has 0 bridgehead atoms. The van der Waals surface area contributed by atoms with E-state index in [1.54, 1.807) is 6.07 Å². The number of piperidine rings is 1. The Kier molecular flexibility index (Phi) is 10.6. The number of anilines is 2. The first-order chi connectivity index (χ1) is 14.2. The van der Waals surface area contributed by atoms with Gasteiger partial charge in [0.15, 0.2) is 5.69 Å². The van der Waals surface area contributed by atoms with Crippen LogP contribution in [0.1, 0.15) is 81.1 Å². The third-order valence-electron chi connectivity index (χ3n) is 6.74. The van der Waals surface area contributed by atoms with E-state index in [2.05, 4.69) is 20.1 Å². The fourth-order valence-corrected chi connectivity index (χ4v) is 5.15. The number of nitrogens with one attached hydrogen (secondary N) is 1. The Bertz CT molecular complexity index is 694. The van der Waals surface area contributed by atoms with Gasteiger partial charge in [-0.15, -0.1) is 24.8 Å². The molecule has 9 heteroatoms. The monoisotopic (exact) mass is 473 g/mol. The van der Waals surface area contributed by atoms with Gasteiger partial charge in [0.05, 0.1) is 0 Å². The molecule has 3 aliphatic rings. The van der Waals surface area contributed by atoms with Gasteiger partial charge in [-0.05, 0) is 45.1 Å². The van der Waals surface area contributed by atoms with Crippen molar-refractivity contribution in [2.24, 2.45) is 0 Å². The lowest BCUT2D eigenvalue weighted by atomic mass is 9.92. The highest BCUT2D eigenvalue weighted by molar-refractivity contribution is 5.86. The van der Waals surface area contributed by atoms with Crippen LogP contribution < -0.4 is 10.2 Å². The Morgan fingerprint density at radius 2 is 1.58 bits per heavy atom. The molecule has 0 amide bonds. The van der Waals surface area contributed by atoms with E-state index in [1.165, 1.54) is 57.9 Å². The summed E-state index contributed by atoms with van der Waals surface area (Å²) in [7, 11) is 0. The smallest absolute Gasteiger partial charge is 0.354 e. The summed E-state index contributed by atoms with van der Waals surface area (Å²) in [5, 5.41) is 13.0. The predicted octanol–water partition coefficient (Wildman–Crippen LogP) is 4.61. The second kappa shape index (κ2) is 12.7. The minimum absolute atomic E-state index is 0. The van der Waals surface area contributed by atoms with Crippen LogP contribution in [0.25, 0.3) is 0 Å². The Balaban J connectivity index is 0.00000171. The molecule has 1 unspecified atom stereocenters. The second-order valence-electron chi connectivity index (χ2n) is 8.91. The van der Waals surface area contributed by atoms with E-state index in [9.17, 15) is 9.90 Å². The zero-order valence-corrected chi connectivity index (χ0v) is 19.9. The number of rotatable bonds is 5. The van der Waals surface area contributed by atoms with Crippen LogP contribution in [0.3, 0.4) is 0 Å². The Labute approximate surface area is 198 Å². The summed E-state index contributed by atoms with van der Waals surface area (Å²) < 4.78 is 0. The van der Waals surface area contributed by atoms with Crippen molar-refractivity contribution < 1.29 is 9.90 Å². The average molecular weight is 474 g/mol. The number of carbonyl (C=O) groups is 1. The molecule has 1 aliphatic carbocycles. The summed E-state index contributed by atoms with van der Waals surface area (Å²) in [5.41, 5.74) is 0.0849. The maximum Gasteiger partial charge on any atom is 0.354 e. The number of halogens is 2. The van der Waals surface area contributed by atoms with Crippen molar-refractivity contribution in [2.75, 3.05) is 36.4 Å². The van der Waals surface area contributed by atoms with Crippen molar-refractivity contribution in [1.82, 2.24) is 14.9 Å². The van der Waals surface area contributed by atoms with Gasteiger partial charge in [0.2, 0.25) is 5.95 Å². The molecule has 3 fully saturated rings. The molecule has 0 radical (unpaired) electrons. The third kappa shape index (κ3) is 7.09. The normalized spacial score (nSPS) is 23.2. The Hall–Kier alpha value is -1.31. The molecule has 1 aromatic heterocycles. The fraction of sp³-hybridized carbons (Fsp3) is 0.773. The van der Waals surface area contributed by atoms with Crippen LogP contribution >= 0.6 is 24.8 Å². The minimum atomic E-state index is -0.987. The van der Waals surface area contributed by atoms with Crippen LogP contribution in [0.15, 0.2) is 6.07 Å². The van der Waals surface area contributed by atoms with Gasteiger partial charge < -0.3 is 15.3 Å². The van der Waals surface area contributed by atoms with Gasteiger partial charge in [-0.3, -0.25) is 4.90 Å². The van der Waals surface area contributed by atoms with Crippen molar-refractivity contribution >= 4 is 42.5 Å². The van der Waals surface area contributed by atoms with Gasteiger partial charge in [0, 0.05) is 37.8 Å². The Morgan fingerprint density at radius 3 is 2.26 bits per heavy atom. The molecule has 4 rings (SSSR count). The highest BCUT2D eigenvalue weighted by Gasteiger charge is 2.27. The molecule has 1 aromatic rings. The van der Waals surface area contributed by atoms with Crippen molar-refractivity contribution in [3.05, 3.63) is 11.8 Å². The molecule has 2 saturated heterocycles. The zero-order valence-electron chi connectivity index (χ0n) is 18.3. The fourth-order valence-electron chi connectivity index (χ4n) is 5.15. The largest absolute Gasteiger partial charge is 0.477 e. The number of hydrogen-bond donors (Lipinski definition) is 2. The van der Waals surface area contributed by atoms with Crippen LogP contribution in [0, 0.1) is 0 Å². The van der Waals surface area contributed by atoms with Gasteiger partial charge in [0.25, 0.3) is 0 Å². The maximum atomic E-state index is 11.7. The topological polar surface area (TPSA) is 81.6 Å². The minimum Gasteiger partial charge on any atom is -0.477 e. The molecule has 2 N–H and O–H groups in total. The summed E-state index contributed by atoms with van der Waals surface area (Å²) >= 11 is 0. The van der Waals surface area contributed by atoms with Crippen LogP contribution in [0.5, 0.6) is 0 Å². The van der Waals surface area contributed by atoms with E-state index in [-0.39, 0.29) is 36.5 Å². The zero-order chi connectivity index (χ0) is 20.1. The third-order valence-corrected chi connectivity index (χ3v) is 6.74. The van der Waals surface area contributed by atoms with E-state index in [0.717, 1.165) is 44.7 Å². The highest BCUT2D eigenvalue weighted by atomic mass is 35.5. The number of hydrogen-bond acceptors (Lipinski definition) is 6. The molecule has 1 saturated carbocycles. The lowest BCUT2D eigenvalue weighted by Crippen LogP contribution is -2.48. The second-order valence-corrected chi connectivity index (χ2v) is 8.91. The SMILES string of the molecule is Cl.Cl.O=C(O)c1cc(N2CCCCCC2)nc(NC2CCCN(C3CCCCC3)C2)n1. The lowest BCUT2D eigenvalue weighted by Gasteiger charge is -2.40. The first kappa shape index (κ1) is 25.9. The molecule has 3 heterocycles. The van der Waals surface area contributed by atoms with Gasteiger partial charge in [0.1, 0.15) is 5.82 Å². The van der Waals surface area contributed by atoms with Crippen molar-refractivity contribution in [3.8, 4) is 0 Å². The predicted molar refractivity (Wildman–Crippen MR) is 129 cm³/mol. The summed E-state index contributed by atoms with van der Waals surface area (Å²) in [6.07, 6.45) is 13.7. The summed E-state index contributed by atoms with van der Waals surface area (Å²) in [6.45, 7) is 4.06. The van der Waals surface area contributed by atoms with E-state index in [0.29, 0.717) is 12.0 Å². The maximum absolute atomic E-state index is 11.7.